The van der Waals surface area contributed by atoms with Gasteiger partial charge in [-0.3, -0.25) is 0 Å². The first kappa shape index (κ1) is 7.97. The maximum Gasteiger partial charge on any atom is 0.449 e. The van der Waals surface area contributed by atoms with Crippen LogP contribution in [0.3, 0.4) is 0 Å². The maximum atomic E-state index is 11.8. The molecule has 5 heteroatoms. The topological polar surface area (TPSA) is 22.4 Å². The summed E-state index contributed by atoms with van der Waals surface area (Å²) in [5.41, 5.74) is 0. The normalized spacial score (nSPS) is 11.6. The molecule has 0 aliphatic rings. The molecule has 1 aromatic heterocycles. The van der Waals surface area contributed by atoms with E-state index >= 15 is 0 Å². The lowest BCUT2D eigenvalue weighted by Gasteiger charge is -1.99. The molecule has 0 fully saturated rings. The van der Waals surface area contributed by atoms with Gasteiger partial charge < -0.3 is 9.15 Å². The van der Waals surface area contributed by atoms with Gasteiger partial charge in [0.05, 0.1) is 7.11 Å². The molecule has 0 aliphatic heterocycles. The number of ether oxygens (including phenoxy) is 1. The fourth-order valence-corrected chi connectivity index (χ4v) is 0.582. The zero-order valence-corrected chi connectivity index (χ0v) is 5.61. The van der Waals surface area contributed by atoms with E-state index in [-0.39, 0.29) is 5.95 Å². The van der Waals surface area contributed by atoms with Crippen LogP contribution in [0.5, 0.6) is 5.95 Å². The molecule has 1 rings (SSSR count). The molecule has 0 atom stereocenters. The van der Waals surface area contributed by atoms with Crippen molar-refractivity contribution in [3.8, 4) is 5.95 Å². The van der Waals surface area contributed by atoms with E-state index in [9.17, 15) is 13.2 Å². The summed E-state index contributed by atoms with van der Waals surface area (Å²) < 4.78 is 44.0. The third-order valence-electron chi connectivity index (χ3n) is 1.06. The fraction of sp³-hybridized carbons (Fsp3) is 0.333. The lowest BCUT2D eigenvalue weighted by molar-refractivity contribution is -0.153. The molecule has 0 spiro atoms. The van der Waals surface area contributed by atoms with Crippen molar-refractivity contribution in [3.63, 3.8) is 0 Å². The molecule has 2 nitrogen and oxygen atoms in total. The minimum absolute atomic E-state index is 0.141. The summed E-state index contributed by atoms with van der Waals surface area (Å²) in [5, 5.41) is 0. The van der Waals surface area contributed by atoms with Crippen molar-refractivity contribution in [2.45, 2.75) is 6.18 Å². The molecule has 0 saturated carbocycles. The lowest BCUT2D eigenvalue weighted by atomic mass is 10.4. The predicted octanol–water partition coefficient (Wildman–Crippen LogP) is 2.31. The fourth-order valence-electron chi connectivity index (χ4n) is 0.582. The first-order valence-corrected chi connectivity index (χ1v) is 2.75. The van der Waals surface area contributed by atoms with Crippen LogP contribution < -0.4 is 4.74 Å². The molecular weight excluding hydrogens is 161 g/mol. The molecule has 1 aromatic rings. The number of halogens is 3. The van der Waals surface area contributed by atoms with Gasteiger partial charge in [0.1, 0.15) is 0 Å². The van der Waals surface area contributed by atoms with Gasteiger partial charge in [-0.2, -0.15) is 13.2 Å². The van der Waals surface area contributed by atoms with E-state index in [1.54, 1.807) is 0 Å². The van der Waals surface area contributed by atoms with E-state index in [1.807, 2.05) is 0 Å². The second-order valence-electron chi connectivity index (χ2n) is 1.82. The third-order valence-corrected chi connectivity index (χ3v) is 1.06. The number of furan rings is 1. The summed E-state index contributed by atoms with van der Waals surface area (Å²) in [4.78, 5) is 0. The number of hydrogen-bond acceptors (Lipinski definition) is 2. The smallest absolute Gasteiger partial charge is 0.449 e. The van der Waals surface area contributed by atoms with Crippen molar-refractivity contribution < 1.29 is 22.3 Å². The van der Waals surface area contributed by atoms with Crippen LogP contribution in [0, 0.1) is 0 Å². The van der Waals surface area contributed by atoms with Gasteiger partial charge in [0.2, 0.25) is 5.76 Å². The highest BCUT2D eigenvalue weighted by Crippen LogP contribution is 2.32. The Morgan fingerprint density at radius 1 is 1.36 bits per heavy atom. The van der Waals surface area contributed by atoms with Gasteiger partial charge in [0, 0.05) is 6.07 Å². The zero-order chi connectivity index (χ0) is 8.48. The van der Waals surface area contributed by atoms with Gasteiger partial charge in [-0.15, -0.1) is 0 Å². The number of rotatable bonds is 1. The molecule has 0 radical (unpaired) electrons. The molecule has 0 aliphatic carbocycles. The predicted molar refractivity (Wildman–Crippen MR) is 30.3 cm³/mol. The second-order valence-corrected chi connectivity index (χ2v) is 1.82. The van der Waals surface area contributed by atoms with Crippen molar-refractivity contribution in [1.29, 1.82) is 0 Å². The van der Waals surface area contributed by atoms with Crippen LogP contribution in [-0.2, 0) is 6.18 Å². The Morgan fingerprint density at radius 3 is 2.27 bits per heavy atom. The van der Waals surface area contributed by atoms with Crippen LogP contribution in [0.1, 0.15) is 5.76 Å². The summed E-state index contributed by atoms with van der Waals surface area (Å²) in [6.45, 7) is 0. The van der Waals surface area contributed by atoms with Gasteiger partial charge in [-0.1, -0.05) is 0 Å². The molecular formula is C6H5F3O2. The Balaban J connectivity index is 2.89. The van der Waals surface area contributed by atoms with E-state index in [0.29, 0.717) is 0 Å². The maximum absolute atomic E-state index is 11.8. The summed E-state index contributed by atoms with van der Waals surface area (Å²) in [7, 11) is 1.24. The quantitative estimate of drug-likeness (QED) is 0.638. The van der Waals surface area contributed by atoms with Crippen LogP contribution in [-0.4, -0.2) is 7.11 Å². The summed E-state index contributed by atoms with van der Waals surface area (Å²) in [6, 6.07) is 1.93. The first-order chi connectivity index (χ1) is 5.04. The number of hydrogen-bond donors (Lipinski definition) is 0. The van der Waals surface area contributed by atoms with Gasteiger partial charge in [0.15, 0.2) is 0 Å². The van der Waals surface area contributed by atoms with E-state index in [1.165, 1.54) is 7.11 Å². The van der Waals surface area contributed by atoms with Crippen molar-refractivity contribution in [2.75, 3.05) is 7.11 Å². The number of alkyl halides is 3. The van der Waals surface area contributed by atoms with Crippen LogP contribution in [0.15, 0.2) is 16.5 Å². The second kappa shape index (κ2) is 2.48. The van der Waals surface area contributed by atoms with Gasteiger partial charge in [-0.25, -0.2) is 0 Å². The average Bonchev–Trinajstić information content (AvgIpc) is 2.32. The number of methoxy groups -OCH3 is 1. The molecule has 0 aromatic carbocycles. The minimum atomic E-state index is -4.43. The summed E-state index contributed by atoms with van der Waals surface area (Å²) in [6.07, 6.45) is -4.43. The molecule has 0 saturated heterocycles. The largest absolute Gasteiger partial charge is 0.468 e. The standard InChI is InChI=1S/C6H5F3O2/c1-10-5-3-2-4(11-5)6(7,8)9/h2-3H,1H3. The highest BCUT2D eigenvalue weighted by atomic mass is 19.4. The van der Waals surface area contributed by atoms with E-state index in [2.05, 4.69) is 9.15 Å². The molecule has 11 heavy (non-hydrogen) atoms. The van der Waals surface area contributed by atoms with Crippen LogP contribution in [0.25, 0.3) is 0 Å². The first-order valence-electron chi connectivity index (χ1n) is 2.75. The van der Waals surface area contributed by atoms with Crippen LogP contribution in [0.2, 0.25) is 0 Å². The Bertz CT molecular complexity index is 238. The average molecular weight is 166 g/mol. The Morgan fingerprint density at radius 2 is 2.00 bits per heavy atom. The highest BCUT2D eigenvalue weighted by molar-refractivity contribution is 5.13. The summed E-state index contributed by atoms with van der Waals surface area (Å²) in [5.74, 6) is -1.19. The van der Waals surface area contributed by atoms with Gasteiger partial charge in [0.25, 0.3) is 5.95 Å². The van der Waals surface area contributed by atoms with E-state index in [0.717, 1.165) is 12.1 Å². The molecule has 62 valence electrons. The monoisotopic (exact) mass is 166 g/mol. The lowest BCUT2D eigenvalue weighted by Crippen LogP contribution is -2.01. The van der Waals surface area contributed by atoms with Crippen molar-refractivity contribution >= 4 is 0 Å². The molecule has 0 bridgehead atoms. The van der Waals surface area contributed by atoms with Crippen molar-refractivity contribution in [2.24, 2.45) is 0 Å². The van der Waals surface area contributed by atoms with Gasteiger partial charge >= 0.3 is 6.18 Å². The minimum Gasteiger partial charge on any atom is -0.468 e. The molecule has 0 unspecified atom stereocenters. The van der Waals surface area contributed by atoms with E-state index in [4.69, 9.17) is 0 Å². The third kappa shape index (κ3) is 1.66. The molecule has 1 heterocycles. The van der Waals surface area contributed by atoms with Gasteiger partial charge in [-0.05, 0) is 6.07 Å². The van der Waals surface area contributed by atoms with Crippen molar-refractivity contribution in [3.05, 3.63) is 17.9 Å². The van der Waals surface area contributed by atoms with Crippen LogP contribution in [0.4, 0.5) is 13.2 Å². The summed E-state index contributed by atoms with van der Waals surface area (Å²) >= 11 is 0. The van der Waals surface area contributed by atoms with E-state index < -0.39 is 11.9 Å². The Hall–Kier alpha value is -1.13. The van der Waals surface area contributed by atoms with Crippen molar-refractivity contribution in [1.82, 2.24) is 0 Å². The SMILES string of the molecule is COc1ccc(C(F)(F)F)o1. The Labute approximate surface area is 60.6 Å². The zero-order valence-electron chi connectivity index (χ0n) is 5.61. The van der Waals surface area contributed by atoms with Crippen LogP contribution >= 0.6 is 0 Å². The molecule has 0 amide bonds. The highest BCUT2D eigenvalue weighted by Gasteiger charge is 2.34. The molecule has 0 N–H and O–H groups in total. The Kier molecular flexibility index (Phi) is 1.80.